The van der Waals surface area contributed by atoms with E-state index in [1.54, 1.807) is 0 Å². The molecule has 0 aromatic heterocycles. The average molecular weight is 310 g/mol. The van der Waals surface area contributed by atoms with Gasteiger partial charge in [0.25, 0.3) is 0 Å². The van der Waals surface area contributed by atoms with Gasteiger partial charge in [0, 0.05) is 12.8 Å². The van der Waals surface area contributed by atoms with Crippen molar-refractivity contribution in [2.24, 2.45) is 0 Å². The third-order valence-corrected chi connectivity index (χ3v) is 3.73. The molecule has 0 radical (unpaired) electrons. The normalized spacial score (nSPS) is 48.3. The van der Waals surface area contributed by atoms with Gasteiger partial charge < -0.3 is 44.8 Å². The zero-order chi connectivity index (χ0) is 15.6. The van der Waals surface area contributed by atoms with Crippen molar-refractivity contribution < 1.29 is 44.8 Å². The fourth-order valence-electron chi connectivity index (χ4n) is 2.58. The average Bonchev–Trinajstić information content (AvgIpc) is 2.45. The minimum atomic E-state index is -1.22. The van der Waals surface area contributed by atoms with Gasteiger partial charge in [-0.1, -0.05) is 0 Å². The molecule has 1 unspecified atom stereocenters. The van der Waals surface area contributed by atoms with Crippen LogP contribution in [0.1, 0.15) is 12.8 Å². The zero-order valence-corrected chi connectivity index (χ0v) is 11.4. The van der Waals surface area contributed by atoms with E-state index >= 15 is 0 Å². The number of ether oxygens (including phenoxy) is 3. The molecule has 2 heterocycles. The van der Waals surface area contributed by atoms with Crippen molar-refractivity contribution in [1.29, 1.82) is 0 Å². The van der Waals surface area contributed by atoms with Crippen LogP contribution in [-0.4, -0.2) is 93.1 Å². The Labute approximate surface area is 121 Å². The molecule has 8 atom stereocenters. The van der Waals surface area contributed by atoms with Crippen LogP contribution in [0.4, 0.5) is 0 Å². The molecular weight excluding hydrogens is 288 g/mol. The van der Waals surface area contributed by atoms with Gasteiger partial charge in [0.15, 0.2) is 12.6 Å². The van der Waals surface area contributed by atoms with E-state index in [-0.39, 0.29) is 12.8 Å². The summed E-state index contributed by atoms with van der Waals surface area (Å²) in [5, 5.41) is 56.9. The van der Waals surface area contributed by atoms with Crippen LogP contribution in [0.5, 0.6) is 0 Å². The van der Waals surface area contributed by atoms with Crippen molar-refractivity contribution in [2.75, 3.05) is 13.2 Å². The van der Waals surface area contributed by atoms with Gasteiger partial charge in [-0.25, -0.2) is 0 Å². The molecule has 0 aliphatic carbocycles. The number of hydrogen-bond donors (Lipinski definition) is 6. The molecule has 2 rings (SSSR count). The molecular formula is C12H22O9. The summed E-state index contributed by atoms with van der Waals surface area (Å²) in [6, 6.07) is 0. The minimum absolute atomic E-state index is 0.0540. The molecule has 21 heavy (non-hydrogen) atoms. The van der Waals surface area contributed by atoms with Crippen molar-refractivity contribution in [3.63, 3.8) is 0 Å². The molecule has 2 aliphatic heterocycles. The summed E-state index contributed by atoms with van der Waals surface area (Å²) >= 11 is 0. The van der Waals surface area contributed by atoms with E-state index in [9.17, 15) is 25.5 Å². The van der Waals surface area contributed by atoms with Gasteiger partial charge in [0.05, 0.1) is 25.4 Å². The van der Waals surface area contributed by atoms with Crippen molar-refractivity contribution >= 4 is 0 Å². The van der Waals surface area contributed by atoms with Crippen LogP contribution < -0.4 is 0 Å². The van der Waals surface area contributed by atoms with Crippen molar-refractivity contribution in [3.8, 4) is 0 Å². The molecule has 0 saturated carbocycles. The zero-order valence-electron chi connectivity index (χ0n) is 11.4. The van der Waals surface area contributed by atoms with E-state index in [4.69, 9.17) is 19.3 Å². The third-order valence-electron chi connectivity index (χ3n) is 3.73. The first-order valence-corrected chi connectivity index (χ1v) is 6.86. The maximum atomic E-state index is 9.92. The largest absolute Gasteiger partial charge is 0.394 e. The van der Waals surface area contributed by atoms with E-state index < -0.39 is 62.4 Å². The van der Waals surface area contributed by atoms with E-state index in [1.807, 2.05) is 0 Å². The molecule has 0 bridgehead atoms. The fraction of sp³-hybridized carbons (Fsp3) is 1.00. The van der Waals surface area contributed by atoms with Gasteiger partial charge in [-0.3, -0.25) is 0 Å². The summed E-state index contributed by atoms with van der Waals surface area (Å²) in [6.07, 6.45) is -8.64. The van der Waals surface area contributed by atoms with Crippen LogP contribution >= 0.6 is 0 Å². The summed E-state index contributed by atoms with van der Waals surface area (Å²) < 4.78 is 15.9. The van der Waals surface area contributed by atoms with Crippen LogP contribution in [0.15, 0.2) is 0 Å². The molecule has 0 aromatic rings. The number of hydrogen-bond acceptors (Lipinski definition) is 9. The van der Waals surface area contributed by atoms with Crippen LogP contribution in [0.2, 0.25) is 0 Å². The third kappa shape index (κ3) is 3.89. The second kappa shape index (κ2) is 7.27. The number of aliphatic hydroxyl groups is 6. The molecule has 2 saturated heterocycles. The molecule has 124 valence electrons. The van der Waals surface area contributed by atoms with E-state index in [0.717, 1.165) is 0 Å². The highest BCUT2D eigenvalue weighted by Crippen LogP contribution is 2.27. The van der Waals surface area contributed by atoms with Crippen LogP contribution in [0, 0.1) is 0 Å². The molecule has 0 aromatic carbocycles. The molecule has 0 spiro atoms. The predicted molar refractivity (Wildman–Crippen MR) is 65.8 cm³/mol. The maximum absolute atomic E-state index is 9.92. The van der Waals surface area contributed by atoms with Crippen LogP contribution in [0.3, 0.4) is 0 Å². The van der Waals surface area contributed by atoms with Gasteiger partial charge in [0.2, 0.25) is 0 Å². The Hall–Kier alpha value is -0.360. The second-order valence-electron chi connectivity index (χ2n) is 5.30. The summed E-state index contributed by atoms with van der Waals surface area (Å²) in [4.78, 5) is 0. The molecule has 9 nitrogen and oxygen atoms in total. The Morgan fingerprint density at radius 3 is 2.14 bits per heavy atom. The van der Waals surface area contributed by atoms with Gasteiger partial charge in [-0.05, 0) is 0 Å². The molecule has 0 amide bonds. The summed E-state index contributed by atoms with van der Waals surface area (Å²) in [7, 11) is 0. The topological polar surface area (TPSA) is 149 Å². The lowest BCUT2D eigenvalue weighted by molar-refractivity contribution is -0.316. The van der Waals surface area contributed by atoms with Crippen molar-refractivity contribution in [1.82, 2.24) is 0 Å². The van der Waals surface area contributed by atoms with Gasteiger partial charge in [0.1, 0.15) is 24.4 Å². The maximum Gasteiger partial charge on any atom is 0.161 e. The first-order valence-electron chi connectivity index (χ1n) is 6.86. The standard InChI is InChI=1S/C12H22O9/c13-3-7-11(18)5(15)2-10(20-7)21-12-6(16)1-9(17)19-8(12)4-14/h5-18H,1-4H2/t5-,6-,7-,8-,9?,10-,11+,12+/m1/s1. The van der Waals surface area contributed by atoms with E-state index in [2.05, 4.69) is 0 Å². The number of aliphatic hydroxyl groups excluding tert-OH is 6. The molecule has 6 N–H and O–H groups in total. The highest BCUT2D eigenvalue weighted by Gasteiger charge is 2.43. The van der Waals surface area contributed by atoms with E-state index in [0.29, 0.717) is 0 Å². The van der Waals surface area contributed by atoms with Gasteiger partial charge >= 0.3 is 0 Å². The van der Waals surface area contributed by atoms with Crippen LogP contribution in [-0.2, 0) is 14.2 Å². The lowest BCUT2D eigenvalue weighted by Gasteiger charge is -2.42. The Bertz CT molecular complexity index is 328. The highest BCUT2D eigenvalue weighted by molar-refractivity contribution is 4.87. The summed E-state index contributed by atoms with van der Waals surface area (Å²) in [5.74, 6) is 0. The lowest BCUT2D eigenvalue weighted by Crippen LogP contribution is -2.56. The lowest BCUT2D eigenvalue weighted by atomic mass is 10.00. The van der Waals surface area contributed by atoms with Gasteiger partial charge in [-0.2, -0.15) is 0 Å². The Balaban J connectivity index is 1.99. The monoisotopic (exact) mass is 310 g/mol. The van der Waals surface area contributed by atoms with Crippen LogP contribution in [0.25, 0.3) is 0 Å². The van der Waals surface area contributed by atoms with Gasteiger partial charge in [-0.15, -0.1) is 0 Å². The summed E-state index contributed by atoms with van der Waals surface area (Å²) in [5.41, 5.74) is 0. The number of rotatable bonds is 4. The molecule has 9 heteroatoms. The Morgan fingerprint density at radius 1 is 0.857 bits per heavy atom. The second-order valence-corrected chi connectivity index (χ2v) is 5.30. The quantitative estimate of drug-likeness (QED) is 0.313. The molecule has 2 aliphatic rings. The van der Waals surface area contributed by atoms with E-state index in [1.165, 1.54) is 0 Å². The first kappa shape index (κ1) is 17.0. The van der Waals surface area contributed by atoms with Crippen molar-refractivity contribution in [3.05, 3.63) is 0 Å². The minimum Gasteiger partial charge on any atom is -0.394 e. The Kier molecular flexibility index (Phi) is 5.88. The predicted octanol–water partition coefficient (Wildman–Crippen LogP) is -3.34. The Morgan fingerprint density at radius 2 is 1.52 bits per heavy atom. The smallest absolute Gasteiger partial charge is 0.161 e. The molecule has 2 fully saturated rings. The fourth-order valence-corrected chi connectivity index (χ4v) is 2.58. The highest BCUT2D eigenvalue weighted by atomic mass is 16.7. The van der Waals surface area contributed by atoms with Crippen molar-refractivity contribution in [2.45, 2.75) is 62.0 Å². The SMILES string of the molecule is OC[C@H]1O[C@H](O[C@H]2[C@H](O)CC(O)O[C@@H]2CO)C[C@@H](O)[C@@H]1O. The first-order chi connectivity index (χ1) is 9.96. The summed E-state index contributed by atoms with van der Waals surface area (Å²) in [6.45, 7) is -0.968.